The molecule has 1 aliphatic heterocycles. The molecular formula is C16H23N3O2. The van der Waals surface area contributed by atoms with Gasteiger partial charge in [0.05, 0.1) is 12.2 Å². The van der Waals surface area contributed by atoms with Crippen LogP contribution in [0.1, 0.15) is 51.5 Å². The van der Waals surface area contributed by atoms with E-state index in [1.165, 1.54) is 25.7 Å². The highest BCUT2D eigenvalue weighted by Gasteiger charge is 2.29. The van der Waals surface area contributed by atoms with E-state index in [2.05, 4.69) is 16.9 Å². The van der Waals surface area contributed by atoms with Crippen molar-refractivity contribution in [3.8, 4) is 6.01 Å². The fraction of sp³-hybridized carbons (Fsp3) is 0.688. The molecule has 1 saturated carbocycles. The molecule has 2 aliphatic rings. The molecule has 2 heterocycles. The van der Waals surface area contributed by atoms with Gasteiger partial charge in [-0.25, -0.2) is 4.99 Å². The summed E-state index contributed by atoms with van der Waals surface area (Å²) in [7, 11) is 0. The summed E-state index contributed by atoms with van der Waals surface area (Å²) in [6.07, 6.45) is 6.52. The van der Waals surface area contributed by atoms with Crippen LogP contribution in [0.3, 0.4) is 0 Å². The molecule has 5 heteroatoms. The van der Waals surface area contributed by atoms with Crippen LogP contribution in [0.4, 0.5) is 5.82 Å². The molecule has 0 aromatic carbocycles. The van der Waals surface area contributed by atoms with Gasteiger partial charge in [-0.05, 0) is 32.1 Å². The fourth-order valence-corrected chi connectivity index (χ4v) is 3.32. The van der Waals surface area contributed by atoms with Gasteiger partial charge in [0.15, 0.2) is 5.82 Å². The Morgan fingerprint density at radius 2 is 2.05 bits per heavy atom. The smallest absolute Gasteiger partial charge is 0.301 e. The first-order valence-corrected chi connectivity index (χ1v) is 8.08. The topological polar surface area (TPSA) is 56.5 Å². The minimum absolute atomic E-state index is 0.0297. The summed E-state index contributed by atoms with van der Waals surface area (Å²) in [5.41, 5.74) is 1.94. The van der Waals surface area contributed by atoms with Gasteiger partial charge in [0, 0.05) is 18.7 Å². The normalized spacial score (nSPS) is 17.9. The molecule has 5 nitrogen and oxygen atoms in total. The van der Waals surface area contributed by atoms with E-state index in [0.717, 1.165) is 17.7 Å². The van der Waals surface area contributed by atoms with Gasteiger partial charge in [-0.15, -0.1) is 0 Å². The van der Waals surface area contributed by atoms with Crippen molar-refractivity contribution in [3.63, 3.8) is 0 Å². The van der Waals surface area contributed by atoms with Crippen LogP contribution in [0.2, 0.25) is 0 Å². The molecule has 1 aromatic heterocycles. The van der Waals surface area contributed by atoms with Crippen molar-refractivity contribution in [3.05, 3.63) is 15.9 Å². The van der Waals surface area contributed by atoms with Crippen molar-refractivity contribution in [2.45, 2.75) is 58.9 Å². The van der Waals surface area contributed by atoms with Gasteiger partial charge >= 0.3 is 6.01 Å². The number of hydrogen-bond donors (Lipinski definition) is 0. The summed E-state index contributed by atoms with van der Waals surface area (Å²) in [6, 6.07) is 0.416. The number of aliphatic imine (C=N–C) groups is 1. The third-order valence-electron chi connectivity index (χ3n) is 4.36. The van der Waals surface area contributed by atoms with E-state index in [-0.39, 0.29) is 5.56 Å². The number of nitrogens with zero attached hydrogens (tertiary/aromatic N) is 3. The first kappa shape index (κ1) is 14.3. The van der Waals surface area contributed by atoms with E-state index >= 15 is 0 Å². The Morgan fingerprint density at radius 3 is 2.71 bits per heavy atom. The van der Waals surface area contributed by atoms with Crippen LogP contribution in [-0.4, -0.2) is 21.9 Å². The van der Waals surface area contributed by atoms with E-state index in [1.807, 2.05) is 6.92 Å². The van der Waals surface area contributed by atoms with Crippen molar-refractivity contribution >= 4 is 11.5 Å². The van der Waals surface area contributed by atoms with Crippen LogP contribution >= 0.6 is 0 Å². The Kier molecular flexibility index (Phi) is 4.08. The molecule has 0 saturated heterocycles. The van der Waals surface area contributed by atoms with Gasteiger partial charge in [-0.3, -0.25) is 9.36 Å². The van der Waals surface area contributed by atoms with E-state index in [1.54, 1.807) is 4.57 Å². The van der Waals surface area contributed by atoms with Crippen LogP contribution in [0.15, 0.2) is 9.79 Å². The number of rotatable bonds is 5. The lowest BCUT2D eigenvalue weighted by molar-refractivity contribution is 0.288. The van der Waals surface area contributed by atoms with Crippen molar-refractivity contribution in [2.24, 2.45) is 10.9 Å². The van der Waals surface area contributed by atoms with E-state index in [4.69, 9.17) is 4.74 Å². The number of fused-ring (bicyclic) bond motifs is 1. The Hall–Kier alpha value is -1.65. The molecular weight excluding hydrogens is 266 g/mol. The van der Waals surface area contributed by atoms with Gasteiger partial charge < -0.3 is 4.74 Å². The molecule has 21 heavy (non-hydrogen) atoms. The summed E-state index contributed by atoms with van der Waals surface area (Å²) in [5, 5.41) is 0. The standard InChI is InChI=1S/C16H23N3O2/c1-3-9-19-15(20)12-10-13(11-7-5-6-8-11)17-14(12)18-16(19)21-4-2/h11H,3-10H2,1-2H3. The Bertz CT molecular complexity index is 613. The molecule has 0 atom stereocenters. The molecule has 3 rings (SSSR count). The van der Waals surface area contributed by atoms with Crippen molar-refractivity contribution in [1.82, 2.24) is 9.55 Å². The molecule has 0 spiro atoms. The van der Waals surface area contributed by atoms with Crippen molar-refractivity contribution in [1.29, 1.82) is 0 Å². The highest BCUT2D eigenvalue weighted by Crippen LogP contribution is 2.33. The fourth-order valence-electron chi connectivity index (χ4n) is 3.32. The molecule has 1 aromatic rings. The third-order valence-corrected chi connectivity index (χ3v) is 4.36. The van der Waals surface area contributed by atoms with Crippen molar-refractivity contribution < 1.29 is 4.74 Å². The number of aromatic nitrogens is 2. The van der Waals surface area contributed by atoms with Crippen molar-refractivity contribution in [2.75, 3.05) is 6.61 Å². The molecule has 0 radical (unpaired) electrons. The first-order chi connectivity index (χ1) is 10.2. The molecule has 0 bridgehead atoms. The average molecular weight is 289 g/mol. The zero-order chi connectivity index (χ0) is 14.8. The second-order valence-corrected chi connectivity index (χ2v) is 5.85. The summed E-state index contributed by atoms with van der Waals surface area (Å²) in [6.45, 7) is 5.11. The van der Waals surface area contributed by atoms with E-state index < -0.39 is 0 Å². The summed E-state index contributed by atoms with van der Waals surface area (Å²) in [5.74, 6) is 1.14. The molecule has 1 aliphatic carbocycles. The van der Waals surface area contributed by atoms with Gasteiger partial charge in [-0.1, -0.05) is 19.8 Å². The van der Waals surface area contributed by atoms with E-state index in [9.17, 15) is 4.79 Å². The zero-order valence-electron chi connectivity index (χ0n) is 12.9. The lowest BCUT2D eigenvalue weighted by Gasteiger charge is -2.12. The first-order valence-electron chi connectivity index (χ1n) is 8.08. The van der Waals surface area contributed by atoms with Crippen LogP contribution in [0.25, 0.3) is 0 Å². The molecule has 0 unspecified atom stereocenters. The Morgan fingerprint density at radius 1 is 1.29 bits per heavy atom. The SMILES string of the molecule is CCCn1c(OCC)nc2c(c1=O)CC(C1CCCC1)=N2. The Balaban J connectivity index is 1.97. The van der Waals surface area contributed by atoms with Crippen LogP contribution in [-0.2, 0) is 13.0 Å². The van der Waals surface area contributed by atoms with Crippen LogP contribution < -0.4 is 10.3 Å². The third kappa shape index (κ3) is 2.61. The highest BCUT2D eigenvalue weighted by atomic mass is 16.5. The maximum Gasteiger partial charge on any atom is 0.301 e. The van der Waals surface area contributed by atoms with Gasteiger partial charge in [-0.2, -0.15) is 4.98 Å². The zero-order valence-corrected chi connectivity index (χ0v) is 12.9. The minimum Gasteiger partial charge on any atom is -0.465 e. The summed E-state index contributed by atoms with van der Waals surface area (Å²) in [4.78, 5) is 21.8. The molecule has 0 N–H and O–H groups in total. The van der Waals surface area contributed by atoms with E-state index in [0.29, 0.717) is 37.3 Å². The number of hydrogen-bond acceptors (Lipinski definition) is 4. The Labute approximate surface area is 125 Å². The quantitative estimate of drug-likeness (QED) is 0.837. The predicted octanol–water partition coefficient (Wildman–Crippen LogP) is 2.87. The van der Waals surface area contributed by atoms with Gasteiger partial charge in [0.1, 0.15) is 0 Å². The molecule has 0 amide bonds. The maximum absolute atomic E-state index is 12.7. The van der Waals surface area contributed by atoms with Crippen LogP contribution in [0, 0.1) is 5.92 Å². The average Bonchev–Trinajstić information content (AvgIpc) is 3.11. The largest absolute Gasteiger partial charge is 0.465 e. The van der Waals surface area contributed by atoms with Crippen LogP contribution in [0.5, 0.6) is 6.01 Å². The lowest BCUT2D eigenvalue weighted by atomic mass is 9.98. The number of ether oxygens (including phenoxy) is 1. The maximum atomic E-state index is 12.7. The van der Waals surface area contributed by atoms with Gasteiger partial charge in [0.25, 0.3) is 5.56 Å². The highest BCUT2D eigenvalue weighted by molar-refractivity contribution is 5.94. The lowest BCUT2D eigenvalue weighted by Crippen LogP contribution is -2.27. The second-order valence-electron chi connectivity index (χ2n) is 5.85. The predicted molar refractivity (Wildman–Crippen MR) is 82.7 cm³/mol. The molecule has 1 fully saturated rings. The monoisotopic (exact) mass is 289 g/mol. The minimum atomic E-state index is 0.0297. The molecule has 114 valence electrons. The second kappa shape index (κ2) is 6.00. The van der Waals surface area contributed by atoms with Gasteiger partial charge in [0.2, 0.25) is 0 Å². The summed E-state index contributed by atoms with van der Waals surface area (Å²) < 4.78 is 7.20. The summed E-state index contributed by atoms with van der Waals surface area (Å²) >= 11 is 0.